The Labute approximate surface area is 119 Å². The SMILES string of the molecule is CN(C)CCCCCCCN=C(N)N1CCCCC1. The van der Waals surface area contributed by atoms with E-state index in [4.69, 9.17) is 5.73 Å². The van der Waals surface area contributed by atoms with Crippen molar-refractivity contribution in [3.63, 3.8) is 0 Å². The molecule has 0 spiro atoms. The molecule has 0 bridgehead atoms. The van der Waals surface area contributed by atoms with Crippen LogP contribution >= 0.6 is 0 Å². The van der Waals surface area contributed by atoms with Crippen molar-refractivity contribution in [3.05, 3.63) is 0 Å². The van der Waals surface area contributed by atoms with E-state index in [0.717, 1.165) is 25.6 Å². The molecule has 0 amide bonds. The Balaban J connectivity index is 1.96. The van der Waals surface area contributed by atoms with Gasteiger partial charge in [-0.05, 0) is 52.7 Å². The third kappa shape index (κ3) is 8.09. The minimum absolute atomic E-state index is 0.771. The highest BCUT2D eigenvalue weighted by Crippen LogP contribution is 2.08. The lowest BCUT2D eigenvalue weighted by atomic mass is 10.1. The van der Waals surface area contributed by atoms with Crippen LogP contribution in [0, 0.1) is 0 Å². The van der Waals surface area contributed by atoms with Crippen LogP contribution in [-0.2, 0) is 0 Å². The first-order valence-corrected chi connectivity index (χ1v) is 7.90. The van der Waals surface area contributed by atoms with Crippen LogP contribution in [0.2, 0.25) is 0 Å². The van der Waals surface area contributed by atoms with Crippen molar-refractivity contribution in [1.29, 1.82) is 0 Å². The van der Waals surface area contributed by atoms with Crippen molar-refractivity contribution >= 4 is 5.96 Å². The number of nitrogens with zero attached hydrogens (tertiary/aromatic N) is 3. The molecule has 0 aliphatic carbocycles. The first-order valence-electron chi connectivity index (χ1n) is 7.90. The summed E-state index contributed by atoms with van der Waals surface area (Å²) in [6, 6.07) is 0. The van der Waals surface area contributed by atoms with Gasteiger partial charge in [-0.3, -0.25) is 4.99 Å². The van der Waals surface area contributed by atoms with Gasteiger partial charge in [0.05, 0.1) is 0 Å². The fourth-order valence-corrected chi connectivity index (χ4v) is 2.49. The molecule has 1 saturated heterocycles. The molecule has 1 heterocycles. The van der Waals surface area contributed by atoms with Gasteiger partial charge in [0.25, 0.3) is 0 Å². The van der Waals surface area contributed by atoms with Crippen LogP contribution in [0.15, 0.2) is 4.99 Å². The third-order valence-corrected chi connectivity index (χ3v) is 3.72. The van der Waals surface area contributed by atoms with E-state index in [-0.39, 0.29) is 0 Å². The molecule has 112 valence electrons. The lowest BCUT2D eigenvalue weighted by molar-refractivity contribution is 0.338. The van der Waals surface area contributed by atoms with Gasteiger partial charge in [-0.2, -0.15) is 0 Å². The molecule has 0 radical (unpaired) electrons. The number of aliphatic imine (C=N–C) groups is 1. The molecule has 1 fully saturated rings. The number of hydrogen-bond donors (Lipinski definition) is 1. The predicted molar refractivity (Wildman–Crippen MR) is 83.6 cm³/mol. The Morgan fingerprint density at radius 2 is 1.63 bits per heavy atom. The van der Waals surface area contributed by atoms with E-state index in [1.807, 2.05) is 0 Å². The number of likely N-dealkylation sites (tertiary alicyclic amines) is 1. The highest BCUT2D eigenvalue weighted by molar-refractivity contribution is 5.78. The van der Waals surface area contributed by atoms with Gasteiger partial charge in [0, 0.05) is 19.6 Å². The zero-order chi connectivity index (χ0) is 13.9. The van der Waals surface area contributed by atoms with Crippen molar-refractivity contribution in [2.75, 3.05) is 40.3 Å². The molecule has 0 saturated carbocycles. The molecule has 2 N–H and O–H groups in total. The molecule has 1 aliphatic heterocycles. The first-order chi connectivity index (χ1) is 9.20. The van der Waals surface area contributed by atoms with Crippen molar-refractivity contribution in [2.24, 2.45) is 10.7 Å². The summed E-state index contributed by atoms with van der Waals surface area (Å²) in [7, 11) is 4.27. The highest BCUT2D eigenvalue weighted by Gasteiger charge is 2.11. The second-order valence-corrected chi connectivity index (χ2v) is 5.86. The van der Waals surface area contributed by atoms with Crippen molar-refractivity contribution in [2.45, 2.75) is 51.4 Å². The Bertz CT molecular complexity index is 245. The Kier molecular flexibility index (Phi) is 8.63. The summed E-state index contributed by atoms with van der Waals surface area (Å²) in [4.78, 5) is 9.00. The number of hydrogen-bond acceptors (Lipinski definition) is 2. The summed E-state index contributed by atoms with van der Waals surface area (Å²) in [5.41, 5.74) is 6.01. The summed E-state index contributed by atoms with van der Waals surface area (Å²) < 4.78 is 0. The standard InChI is InChI=1S/C15H32N4/c1-18(2)12-8-5-3-4-7-11-17-15(16)19-13-9-6-10-14-19/h3-14H2,1-2H3,(H2,16,17). The molecule has 0 aromatic carbocycles. The van der Waals surface area contributed by atoms with Crippen LogP contribution in [0.5, 0.6) is 0 Å². The molecule has 0 atom stereocenters. The lowest BCUT2D eigenvalue weighted by Crippen LogP contribution is -2.40. The third-order valence-electron chi connectivity index (χ3n) is 3.72. The van der Waals surface area contributed by atoms with Crippen LogP contribution in [0.25, 0.3) is 0 Å². The van der Waals surface area contributed by atoms with Gasteiger partial charge < -0.3 is 15.5 Å². The molecule has 1 aliphatic rings. The smallest absolute Gasteiger partial charge is 0.191 e. The first kappa shape index (κ1) is 16.3. The summed E-state index contributed by atoms with van der Waals surface area (Å²) in [6.07, 6.45) is 10.3. The second kappa shape index (κ2) is 10.1. The van der Waals surface area contributed by atoms with Gasteiger partial charge in [0.15, 0.2) is 5.96 Å². The monoisotopic (exact) mass is 268 g/mol. The molecular weight excluding hydrogens is 236 g/mol. The van der Waals surface area contributed by atoms with E-state index in [2.05, 4.69) is 28.9 Å². The van der Waals surface area contributed by atoms with Crippen molar-refractivity contribution in [3.8, 4) is 0 Å². The van der Waals surface area contributed by atoms with Gasteiger partial charge in [0.1, 0.15) is 0 Å². The van der Waals surface area contributed by atoms with Crippen molar-refractivity contribution in [1.82, 2.24) is 9.80 Å². The summed E-state index contributed by atoms with van der Waals surface area (Å²) in [5.74, 6) is 0.771. The zero-order valence-corrected chi connectivity index (χ0v) is 12.9. The summed E-state index contributed by atoms with van der Waals surface area (Å²) >= 11 is 0. The minimum Gasteiger partial charge on any atom is -0.370 e. The molecule has 1 rings (SSSR count). The number of guanidine groups is 1. The maximum Gasteiger partial charge on any atom is 0.191 e. The number of rotatable bonds is 8. The average molecular weight is 268 g/mol. The Morgan fingerprint density at radius 1 is 1.00 bits per heavy atom. The van der Waals surface area contributed by atoms with Gasteiger partial charge in [-0.15, -0.1) is 0 Å². The van der Waals surface area contributed by atoms with Crippen LogP contribution < -0.4 is 5.73 Å². The highest BCUT2D eigenvalue weighted by atomic mass is 15.2. The van der Waals surface area contributed by atoms with Crippen LogP contribution in [0.3, 0.4) is 0 Å². The summed E-state index contributed by atoms with van der Waals surface area (Å²) in [6.45, 7) is 4.30. The van der Waals surface area contributed by atoms with E-state index >= 15 is 0 Å². The maximum atomic E-state index is 6.01. The topological polar surface area (TPSA) is 44.9 Å². The number of unbranched alkanes of at least 4 members (excludes halogenated alkanes) is 4. The Morgan fingerprint density at radius 3 is 2.32 bits per heavy atom. The molecule has 19 heavy (non-hydrogen) atoms. The summed E-state index contributed by atoms with van der Waals surface area (Å²) in [5, 5.41) is 0. The van der Waals surface area contributed by atoms with E-state index in [9.17, 15) is 0 Å². The molecule has 0 aromatic rings. The molecular formula is C15H32N4. The van der Waals surface area contributed by atoms with E-state index < -0.39 is 0 Å². The van der Waals surface area contributed by atoms with Gasteiger partial charge >= 0.3 is 0 Å². The van der Waals surface area contributed by atoms with Gasteiger partial charge in [-0.1, -0.05) is 19.3 Å². The van der Waals surface area contributed by atoms with E-state index in [1.165, 1.54) is 57.9 Å². The van der Waals surface area contributed by atoms with Crippen molar-refractivity contribution < 1.29 is 0 Å². The van der Waals surface area contributed by atoms with Gasteiger partial charge in [-0.25, -0.2) is 0 Å². The van der Waals surface area contributed by atoms with E-state index in [0.29, 0.717) is 0 Å². The lowest BCUT2D eigenvalue weighted by Gasteiger charge is -2.27. The molecule has 0 unspecified atom stereocenters. The van der Waals surface area contributed by atoms with Crippen LogP contribution in [-0.4, -0.2) is 56.0 Å². The normalized spacial score (nSPS) is 17.2. The molecule has 4 heteroatoms. The Hall–Kier alpha value is -0.770. The average Bonchev–Trinajstić information content (AvgIpc) is 2.42. The van der Waals surface area contributed by atoms with Crippen LogP contribution in [0.4, 0.5) is 0 Å². The molecule has 0 aromatic heterocycles. The number of piperidine rings is 1. The minimum atomic E-state index is 0.771. The van der Waals surface area contributed by atoms with Crippen LogP contribution in [0.1, 0.15) is 51.4 Å². The molecule has 4 nitrogen and oxygen atoms in total. The second-order valence-electron chi connectivity index (χ2n) is 5.86. The predicted octanol–water partition coefficient (Wildman–Crippen LogP) is 2.30. The zero-order valence-electron chi connectivity index (χ0n) is 12.9. The fraction of sp³-hybridized carbons (Fsp3) is 0.933. The maximum absolute atomic E-state index is 6.01. The largest absolute Gasteiger partial charge is 0.370 e. The fourth-order valence-electron chi connectivity index (χ4n) is 2.49. The number of nitrogens with two attached hydrogens (primary N) is 1. The van der Waals surface area contributed by atoms with E-state index in [1.54, 1.807) is 0 Å². The van der Waals surface area contributed by atoms with Gasteiger partial charge in [0.2, 0.25) is 0 Å². The quantitative estimate of drug-likeness (QED) is 0.417.